The summed E-state index contributed by atoms with van der Waals surface area (Å²) < 4.78 is 14.2. The van der Waals surface area contributed by atoms with E-state index in [1.807, 2.05) is 58.4 Å². The molecule has 0 bridgehead atoms. The molecule has 6 nitrogen and oxygen atoms in total. The maximum absolute atomic E-state index is 13.4. The number of rotatable bonds is 8. The fourth-order valence-corrected chi connectivity index (χ4v) is 7.66. The second kappa shape index (κ2) is 9.51. The van der Waals surface area contributed by atoms with E-state index in [2.05, 4.69) is 5.10 Å². The van der Waals surface area contributed by atoms with Crippen LogP contribution in [-0.2, 0) is 7.87 Å². The van der Waals surface area contributed by atoms with E-state index >= 15 is 0 Å². The summed E-state index contributed by atoms with van der Waals surface area (Å²) in [7, 11) is 0. The number of allylic oxidation sites excluding steroid dienone is 2. The van der Waals surface area contributed by atoms with Crippen molar-refractivity contribution in [2.45, 2.75) is 30.7 Å². The van der Waals surface area contributed by atoms with Crippen LogP contribution < -0.4 is 3.07 Å². The Morgan fingerprint density at radius 2 is 1.55 bits per heavy atom. The van der Waals surface area contributed by atoms with Crippen molar-refractivity contribution in [3.63, 3.8) is 0 Å². The van der Waals surface area contributed by atoms with Gasteiger partial charge < -0.3 is 0 Å². The van der Waals surface area contributed by atoms with E-state index in [0.29, 0.717) is 28.5 Å². The summed E-state index contributed by atoms with van der Waals surface area (Å²) in [5.41, 5.74) is 2.33. The minimum absolute atomic E-state index is 0.0929. The molecule has 0 amide bonds. The average molecular weight is 525 g/mol. The van der Waals surface area contributed by atoms with E-state index in [1.165, 1.54) is 13.0 Å². The standard InChI is InChI=1S/C17H14N2O2.C5H8O2.2CH3.Sn/c1-12-15(16(20)13-8-4-2-5-9-13)17(21)19(18-12)14-10-6-3-7-11-14;1-4(6)3-5(2)7;;;/h2-11,21H,1H3;3,6H,1-2H3;2*1H3;/q;;;;+2/p-2/b;4-3-;;;. The van der Waals surface area contributed by atoms with Crippen LogP contribution in [0.25, 0.3) is 5.69 Å². The zero-order valence-electron chi connectivity index (χ0n) is 18.4. The summed E-state index contributed by atoms with van der Waals surface area (Å²) in [6.07, 6.45) is 1.44. The third-order valence-electron chi connectivity index (χ3n) is 4.44. The van der Waals surface area contributed by atoms with Crippen LogP contribution in [0.1, 0.15) is 35.5 Å². The molecule has 0 radical (unpaired) electrons. The molecule has 1 heterocycles. The average Bonchev–Trinajstić information content (AvgIpc) is 3.02. The Kier molecular flexibility index (Phi) is 7.00. The molecule has 0 N–H and O–H groups in total. The number of benzene rings is 2. The Morgan fingerprint density at radius 1 is 0.968 bits per heavy atom. The number of nitrogens with zero attached hydrogens (tertiary/aromatic N) is 2. The Hall–Kier alpha value is -2.87. The van der Waals surface area contributed by atoms with Crippen molar-refractivity contribution in [3.05, 3.63) is 89.3 Å². The van der Waals surface area contributed by atoms with E-state index in [-0.39, 0.29) is 11.6 Å². The number of carbonyl (C=O) groups is 2. The molecule has 0 spiro atoms. The normalized spacial score (nSPS) is 11.8. The van der Waals surface area contributed by atoms with Crippen LogP contribution in [-0.4, -0.2) is 40.6 Å². The van der Waals surface area contributed by atoms with Crippen molar-refractivity contribution in [2.24, 2.45) is 0 Å². The van der Waals surface area contributed by atoms with Crippen LogP contribution in [0.15, 0.2) is 72.5 Å². The first-order valence-corrected chi connectivity index (χ1v) is 18.0. The van der Waals surface area contributed by atoms with Crippen LogP contribution >= 0.6 is 0 Å². The third kappa shape index (κ3) is 5.64. The van der Waals surface area contributed by atoms with Crippen LogP contribution in [0.2, 0.25) is 9.88 Å². The van der Waals surface area contributed by atoms with E-state index < -0.39 is 19.2 Å². The third-order valence-corrected chi connectivity index (χ3v) is 8.71. The molecule has 0 saturated heterocycles. The van der Waals surface area contributed by atoms with E-state index in [9.17, 15) is 9.59 Å². The number of aromatic nitrogens is 2. The zero-order chi connectivity index (χ0) is 22.6. The summed E-state index contributed by atoms with van der Waals surface area (Å²) in [6.45, 7) is 5.01. The van der Waals surface area contributed by atoms with Crippen LogP contribution in [0.4, 0.5) is 0 Å². The molecule has 0 unspecified atom stereocenters. The van der Waals surface area contributed by atoms with E-state index in [1.54, 1.807) is 30.7 Å². The molecule has 2 aromatic carbocycles. The predicted octanol–water partition coefficient (Wildman–Crippen LogP) is 5.00. The molecule has 0 aliphatic carbocycles. The molecule has 0 aliphatic heterocycles. The summed E-state index contributed by atoms with van der Waals surface area (Å²) in [5.74, 6) is 0.624. The maximum atomic E-state index is 13.4. The Balaban J connectivity index is 2.09. The quantitative estimate of drug-likeness (QED) is 0.179. The molecule has 0 fully saturated rings. The number of aryl methyl sites for hydroxylation is 1. The van der Waals surface area contributed by atoms with Gasteiger partial charge in [-0.2, -0.15) is 0 Å². The van der Waals surface area contributed by atoms with Gasteiger partial charge in [0.25, 0.3) is 0 Å². The van der Waals surface area contributed by atoms with Gasteiger partial charge in [-0.1, -0.05) is 0 Å². The number of carbonyl (C=O) groups excluding carboxylic acids is 2. The van der Waals surface area contributed by atoms with E-state index in [4.69, 9.17) is 6.15 Å². The van der Waals surface area contributed by atoms with Crippen molar-refractivity contribution >= 4 is 30.8 Å². The van der Waals surface area contributed by atoms with Gasteiger partial charge >= 0.3 is 188 Å². The molecule has 7 heteroatoms. The first-order valence-electron chi connectivity index (χ1n) is 9.99. The fraction of sp³-hybridized carbons (Fsp3) is 0.208. The molecule has 0 saturated carbocycles. The topological polar surface area (TPSA) is 70.4 Å². The number of hydrogen-bond acceptors (Lipinski definition) is 5. The van der Waals surface area contributed by atoms with Crippen molar-refractivity contribution in [3.8, 4) is 11.6 Å². The van der Waals surface area contributed by atoms with Crippen molar-refractivity contribution < 1.29 is 15.7 Å². The van der Waals surface area contributed by atoms with Crippen LogP contribution in [0, 0.1) is 6.92 Å². The van der Waals surface area contributed by atoms with Gasteiger partial charge in [-0.25, -0.2) is 0 Å². The Morgan fingerprint density at radius 3 is 2.13 bits per heavy atom. The van der Waals surface area contributed by atoms with Gasteiger partial charge in [0, 0.05) is 0 Å². The Labute approximate surface area is 187 Å². The van der Waals surface area contributed by atoms with Crippen molar-refractivity contribution in [2.75, 3.05) is 0 Å². The van der Waals surface area contributed by atoms with Gasteiger partial charge in [-0.3, -0.25) is 0 Å². The van der Waals surface area contributed by atoms with Crippen LogP contribution in [0.3, 0.4) is 0 Å². The summed E-state index contributed by atoms with van der Waals surface area (Å²) >= 11 is -3.69. The van der Waals surface area contributed by atoms with Gasteiger partial charge in [0.05, 0.1) is 0 Å². The van der Waals surface area contributed by atoms with Gasteiger partial charge in [0.1, 0.15) is 0 Å². The van der Waals surface area contributed by atoms with Crippen LogP contribution in [0.5, 0.6) is 5.88 Å². The predicted molar refractivity (Wildman–Crippen MR) is 122 cm³/mol. The molecule has 0 atom stereocenters. The molecule has 3 rings (SSSR count). The van der Waals surface area contributed by atoms with E-state index in [0.717, 1.165) is 5.69 Å². The molecule has 31 heavy (non-hydrogen) atoms. The summed E-state index contributed by atoms with van der Waals surface area (Å²) in [6, 6.07) is 18.6. The molecular weight excluding hydrogens is 499 g/mol. The van der Waals surface area contributed by atoms with Gasteiger partial charge in [0.2, 0.25) is 0 Å². The second-order valence-corrected chi connectivity index (χ2v) is 16.8. The molecule has 3 aromatic rings. The minimum atomic E-state index is -3.69. The van der Waals surface area contributed by atoms with Crippen molar-refractivity contribution in [1.29, 1.82) is 0 Å². The zero-order valence-corrected chi connectivity index (χ0v) is 21.2. The number of para-hydroxylation sites is 1. The summed E-state index contributed by atoms with van der Waals surface area (Å²) in [4.78, 5) is 28.7. The monoisotopic (exact) mass is 526 g/mol. The SMILES string of the molecule is CC(=O)/C=C(/C)[O][Sn]([CH3])([CH3])[O]c1c(C(=O)c2ccccc2)c(C)nn1-c1ccccc1. The molecule has 1 aromatic heterocycles. The number of ketones is 2. The Bertz CT molecular complexity index is 1120. The number of hydrogen-bond donors (Lipinski definition) is 0. The molecule has 0 aliphatic rings. The van der Waals surface area contributed by atoms with Gasteiger partial charge in [0.15, 0.2) is 0 Å². The first-order chi connectivity index (χ1) is 14.7. The summed E-state index contributed by atoms with van der Waals surface area (Å²) in [5, 5.41) is 4.62. The van der Waals surface area contributed by atoms with Gasteiger partial charge in [-0.15, -0.1) is 0 Å². The van der Waals surface area contributed by atoms with Gasteiger partial charge in [-0.05, 0) is 0 Å². The molecule has 160 valence electrons. The fourth-order valence-electron chi connectivity index (χ4n) is 3.30. The second-order valence-electron chi connectivity index (χ2n) is 7.68. The van der Waals surface area contributed by atoms with Crippen molar-refractivity contribution in [1.82, 2.24) is 9.78 Å². The first kappa shape index (κ1) is 22.8. The molecular formula is C24H26N2O4Sn.